The van der Waals surface area contributed by atoms with E-state index >= 15 is 0 Å². The molecule has 0 aliphatic heterocycles. The van der Waals surface area contributed by atoms with Crippen LogP contribution in [0, 0.1) is 6.92 Å². The number of nitrogens with zero attached hydrogens (tertiary/aromatic N) is 2. The molecule has 0 fully saturated rings. The lowest BCUT2D eigenvalue weighted by Gasteiger charge is -2.14. The molecule has 0 aliphatic rings. The van der Waals surface area contributed by atoms with E-state index in [2.05, 4.69) is 36.5 Å². The largest absolute Gasteiger partial charge is 0.491 e. The number of ether oxygens (including phenoxy) is 1. The third-order valence-electron chi connectivity index (χ3n) is 5.79. The lowest BCUT2D eigenvalue weighted by Crippen LogP contribution is -2.19. The summed E-state index contributed by atoms with van der Waals surface area (Å²) in [6.07, 6.45) is -0.787. The minimum absolute atomic E-state index is 0.0867. The SMILES string of the molecule is Cc1ccc(CNCc2ccc(OCC(O)c3ccc4c(c3)n(C)c(=O)n4C)cc2)cc1. The maximum Gasteiger partial charge on any atom is 0.328 e. The number of nitrogens with one attached hydrogen (secondary N) is 1. The van der Waals surface area contributed by atoms with Crippen LogP contribution in [-0.2, 0) is 27.2 Å². The van der Waals surface area contributed by atoms with Crippen LogP contribution in [-0.4, -0.2) is 20.8 Å². The smallest absolute Gasteiger partial charge is 0.328 e. The normalized spacial score (nSPS) is 12.2. The van der Waals surface area contributed by atoms with Gasteiger partial charge in [-0.25, -0.2) is 4.79 Å². The first kappa shape index (κ1) is 21.9. The van der Waals surface area contributed by atoms with E-state index in [9.17, 15) is 9.90 Å². The van der Waals surface area contributed by atoms with Gasteiger partial charge in [0, 0.05) is 27.2 Å². The maximum atomic E-state index is 12.1. The zero-order valence-electron chi connectivity index (χ0n) is 18.7. The van der Waals surface area contributed by atoms with Crippen molar-refractivity contribution in [2.24, 2.45) is 14.1 Å². The zero-order valence-corrected chi connectivity index (χ0v) is 18.7. The minimum atomic E-state index is -0.787. The summed E-state index contributed by atoms with van der Waals surface area (Å²) >= 11 is 0. The van der Waals surface area contributed by atoms with E-state index in [-0.39, 0.29) is 12.3 Å². The highest BCUT2D eigenvalue weighted by Crippen LogP contribution is 2.21. The summed E-state index contributed by atoms with van der Waals surface area (Å²) in [7, 11) is 3.47. The fourth-order valence-corrected chi connectivity index (χ4v) is 3.76. The summed E-state index contributed by atoms with van der Waals surface area (Å²) in [6.45, 7) is 3.82. The number of hydrogen-bond donors (Lipinski definition) is 2. The Morgan fingerprint density at radius 1 is 0.875 bits per heavy atom. The fourth-order valence-electron chi connectivity index (χ4n) is 3.76. The molecular weight excluding hydrogens is 402 g/mol. The van der Waals surface area contributed by atoms with Crippen molar-refractivity contribution in [1.29, 1.82) is 0 Å². The number of fused-ring (bicyclic) bond motifs is 1. The number of imidazole rings is 1. The third-order valence-corrected chi connectivity index (χ3v) is 5.79. The van der Waals surface area contributed by atoms with E-state index in [1.807, 2.05) is 42.5 Å². The van der Waals surface area contributed by atoms with Crippen LogP contribution in [0.3, 0.4) is 0 Å². The molecule has 0 amide bonds. The lowest BCUT2D eigenvalue weighted by atomic mass is 10.1. The van der Waals surface area contributed by atoms with Crippen LogP contribution < -0.4 is 15.7 Å². The minimum Gasteiger partial charge on any atom is -0.491 e. The predicted molar refractivity (Wildman–Crippen MR) is 127 cm³/mol. The van der Waals surface area contributed by atoms with Crippen molar-refractivity contribution in [3.63, 3.8) is 0 Å². The molecule has 166 valence electrons. The summed E-state index contributed by atoms with van der Waals surface area (Å²) in [4.78, 5) is 12.1. The Labute approximate surface area is 187 Å². The third kappa shape index (κ3) is 4.77. The Balaban J connectivity index is 1.31. The molecule has 0 saturated heterocycles. The van der Waals surface area contributed by atoms with Crippen LogP contribution in [0.2, 0.25) is 0 Å². The summed E-state index contributed by atoms with van der Waals surface area (Å²) in [5.74, 6) is 0.708. The summed E-state index contributed by atoms with van der Waals surface area (Å²) in [5.41, 5.74) is 5.95. The monoisotopic (exact) mass is 431 g/mol. The zero-order chi connectivity index (χ0) is 22.7. The Kier molecular flexibility index (Phi) is 6.44. The van der Waals surface area contributed by atoms with E-state index in [0.717, 1.165) is 29.7 Å². The van der Waals surface area contributed by atoms with E-state index in [0.29, 0.717) is 5.75 Å². The van der Waals surface area contributed by atoms with Gasteiger partial charge < -0.3 is 15.2 Å². The first-order chi connectivity index (χ1) is 15.4. The molecule has 1 aromatic heterocycles. The van der Waals surface area contributed by atoms with Gasteiger partial charge in [-0.3, -0.25) is 9.13 Å². The number of hydrogen-bond acceptors (Lipinski definition) is 4. The molecule has 6 nitrogen and oxygen atoms in total. The number of aliphatic hydroxyl groups is 1. The van der Waals surface area contributed by atoms with Crippen LogP contribution in [0.5, 0.6) is 5.75 Å². The Morgan fingerprint density at radius 2 is 1.47 bits per heavy atom. The van der Waals surface area contributed by atoms with Gasteiger partial charge in [-0.05, 0) is 47.9 Å². The van der Waals surface area contributed by atoms with Gasteiger partial charge in [-0.15, -0.1) is 0 Å². The van der Waals surface area contributed by atoms with Gasteiger partial charge in [0.1, 0.15) is 18.5 Å². The van der Waals surface area contributed by atoms with Gasteiger partial charge in [0.25, 0.3) is 0 Å². The average Bonchev–Trinajstić information content (AvgIpc) is 3.03. The van der Waals surface area contributed by atoms with Gasteiger partial charge >= 0.3 is 5.69 Å². The number of aliphatic hydroxyl groups excluding tert-OH is 1. The van der Waals surface area contributed by atoms with E-state index in [4.69, 9.17) is 4.74 Å². The highest BCUT2D eigenvalue weighted by molar-refractivity contribution is 5.77. The van der Waals surface area contributed by atoms with Crippen molar-refractivity contribution in [2.75, 3.05) is 6.61 Å². The summed E-state index contributed by atoms with van der Waals surface area (Å²) in [5, 5.41) is 14.0. The van der Waals surface area contributed by atoms with Crippen LogP contribution in [0.1, 0.15) is 28.4 Å². The topological polar surface area (TPSA) is 68.4 Å². The Bertz CT molecular complexity index is 1250. The molecule has 1 atom stereocenters. The van der Waals surface area contributed by atoms with Crippen molar-refractivity contribution < 1.29 is 9.84 Å². The molecule has 0 aliphatic carbocycles. The van der Waals surface area contributed by atoms with Crippen LogP contribution in [0.15, 0.2) is 71.5 Å². The van der Waals surface area contributed by atoms with E-state index in [1.54, 1.807) is 23.2 Å². The maximum absolute atomic E-state index is 12.1. The van der Waals surface area contributed by atoms with Crippen molar-refractivity contribution >= 4 is 11.0 Å². The van der Waals surface area contributed by atoms with Crippen molar-refractivity contribution in [1.82, 2.24) is 14.5 Å². The second kappa shape index (κ2) is 9.42. The van der Waals surface area contributed by atoms with Crippen molar-refractivity contribution in [3.05, 3.63) is 99.5 Å². The van der Waals surface area contributed by atoms with Crippen molar-refractivity contribution in [2.45, 2.75) is 26.1 Å². The van der Waals surface area contributed by atoms with E-state index < -0.39 is 6.10 Å². The number of rotatable bonds is 8. The van der Waals surface area contributed by atoms with Crippen LogP contribution in [0.4, 0.5) is 0 Å². The first-order valence-corrected chi connectivity index (χ1v) is 10.7. The molecule has 3 aromatic carbocycles. The Morgan fingerprint density at radius 3 is 2.12 bits per heavy atom. The quantitative estimate of drug-likeness (QED) is 0.447. The molecule has 0 spiro atoms. The molecule has 32 heavy (non-hydrogen) atoms. The van der Waals surface area contributed by atoms with Crippen molar-refractivity contribution in [3.8, 4) is 5.75 Å². The van der Waals surface area contributed by atoms with E-state index in [1.165, 1.54) is 16.7 Å². The van der Waals surface area contributed by atoms with Crippen LogP contribution >= 0.6 is 0 Å². The number of aromatic nitrogens is 2. The van der Waals surface area contributed by atoms with Gasteiger partial charge in [-0.2, -0.15) is 0 Å². The molecule has 4 rings (SSSR count). The standard InChI is InChI=1S/C26H29N3O3/c1-18-4-6-19(7-5-18)15-27-16-20-8-11-22(12-9-20)32-17-25(30)21-10-13-23-24(14-21)29(3)26(31)28(23)2/h4-14,25,27,30H,15-17H2,1-3H3. The fraction of sp³-hybridized carbons (Fsp3) is 0.269. The Hall–Kier alpha value is -3.35. The molecular formula is C26H29N3O3. The van der Waals surface area contributed by atoms with Gasteiger partial charge in [-0.1, -0.05) is 48.0 Å². The molecule has 1 unspecified atom stereocenters. The molecule has 0 radical (unpaired) electrons. The first-order valence-electron chi connectivity index (χ1n) is 10.7. The lowest BCUT2D eigenvalue weighted by molar-refractivity contribution is 0.108. The second-order valence-corrected chi connectivity index (χ2v) is 8.21. The molecule has 0 saturated carbocycles. The van der Waals surface area contributed by atoms with Crippen LogP contribution in [0.25, 0.3) is 11.0 Å². The summed E-state index contributed by atoms with van der Waals surface area (Å²) < 4.78 is 8.97. The average molecular weight is 432 g/mol. The molecule has 6 heteroatoms. The van der Waals surface area contributed by atoms with Gasteiger partial charge in [0.2, 0.25) is 0 Å². The number of aryl methyl sites for hydroxylation is 3. The molecule has 4 aromatic rings. The highest BCUT2D eigenvalue weighted by Gasteiger charge is 2.13. The summed E-state index contributed by atoms with van der Waals surface area (Å²) in [6, 6.07) is 21.9. The second-order valence-electron chi connectivity index (χ2n) is 8.21. The number of benzene rings is 3. The van der Waals surface area contributed by atoms with Gasteiger partial charge in [0.05, 0.1) is 11.0 Å². The predicted octanol–water partition coefficient (Wildman–Crippen LogP) is 3.59. The highest BCUT2D eigenvalue weighted by atomic mass is 16.5. The van der Waals surface area contributed by atoms with Gasteiger partial charge in [0.15, 0.2) is 0 Å². The molecule has 0 bridgehead atoms. The molecule has 1 heterocycles. The molecule has 2 N–H and O–H groups in total.